The molecule has 1 fully saturated rings. The van der Waals surface area contributed by atoms with Gasteiger partial charge in [0.1, 0.15) is 0 Å². The van der Waals surface area contributed by atoms with Crippen LogP contribution in [0.5, 0.6) is 0 Å². The quantitative estimate of drug-likeness (QED) is 0.854. The zero-order chi connectivity index (χ0) is 13.4. The fourth-order valence-corrected chi connectivity index (χ4v) is 2.81. The number of hydrogen-bond donors (Lipinski definition) is 1. The number of aryl methyl sites for hydroxylation is 1. The van der Waals surface area contributed by atoms with Gasteiger partial charge in [-0.3, -0.25) is 9.89 Å². The average Bonchev–Trinajstić information content (AvgIpc) is 2.80. The number of aromatic amines is 1. The lowest BCUT2D eigenvalue weighted by Gasteiger charge is -2.30. The van der Waals surface area contributed by atoms with Crippen molar-refractivity contribution in [2.75, 3.05) is 13.1 Å². The largest absolute Gasteiger partial charge is 0.337 e. The molecule has 0 spiro atoms. The number of aromatic nitrogens is 2. The maximum Gasteiger partial charge on any atom is 0.275 e. The van der Waals surface area contributed by atoms with E-state index in [0.717, 1.165) is 36.0 Å². The fourth-order valence-electron chi connectivity index (χ4n) is 2.81. The number of piperidine rings is 1. The van der Waals surface area contributed by atoms with E-state index < -0.39 is 0 Å². The number of carbonyl (C=O) groups is 1. The Hall–Kier alpha value is -1.84. The highest BCUT2D eigenvalue weighted by Crippen LogP contribution is 2.22. The van der Waals surface area contributed by atoms with Crippen LogP contribution in [-0.4, -0.2) is 34.1 Å². The van der Waals surface area contributed by atoms with E-state index in [9.17, 15) is 4.79 Å². The normalized spacial score (nSPS) is 19.9. The topological polar surface area (TPSA) is 49.0 Å². The summed E-state index contributed by atoms with van der Waals surface area (Å²) in [6.45, 7) is 5.93. The number of fused-ring (bicyclic) bond motifs is 1. The maximum absolute atomic E-state index is 12.6. The Morgan fingerprint density at radius 1 is 1.47 bits per heavy atom. The van der Waals surface area contributed by atoms with Crippen molar-refractivity contribution in [2.24, 2.45) is 5.92 Å². The first-order valence-electron chi connectivity index (χ1n) is 6.89. The third-order valence-electron chi connectivity index (χ3n) is 3.87. The Morgan fingerprint density at radius 2 is 2.32 bits per heavy atom. The highest BCUT2D eigenvalue weighted by molar-refractivity contribution is 6.04. The average molecular weight is 257 g/mol. The summed E-state index contributed by atoms with van der Waals surface area (Å²) in [4.78, 5) is 14.5. The molecule has 4 heteroatoms. The third kappa shape index (κ3) is 2.23. The molecule has 3 rings (SSSR count). The van der Waals surface area contributed by atoms with Gasteiger partial charge < -0.3 is 4.90 Å². The number of carbonyl (C=O) groups excluding carboxylic acids is 1. The first-order valence-corrected chi connectivity index (χ1v) is 6.89. The second-order valence-electron chi connectivity index (χ2n) is 5.62. The van der Waals surface area contributed by atoms with Gasteiger partial charge in [-0.05, 0) is 37.8 Å². The van der Waals surface area contributed by atoms with Crippen molar-refractivity contribution < 1.29 is 4.79 Å². The number of nitrogens with one attached hydrogen (secondary N) is 1. The van der Waals surface area contributed by atoms with Crippen LogP contribution in [-0.2, 0) is 0 Å². The molecule has 1 aromatic carbocycles. The summed E-state index contributed by atoms with van der Waals surface area (Å²) >= 11 is 0. The van der Waals surface area contributed by atoms with Gasteiger partial charge in [-0.15, -0.1) is 0 Å². The maximum atomic E-state index is 12.6. The molecule has 1 amide bonds. The molecule has 1 atom stereocenters. The number of hydrogen-bond acceptors (Lipinski definition) is 2. The molecule has 0 radical (unpaired) electrons. The Bertz CT molecular complexity index is 617. The van der Waals surface area contributed by atoms with Crippen LogP contribution < -0.4 is 0 Å². The minimum Gasteiger partial charge on any atom is -0.337 e. The zero-order valence-electron chi connectivity index (χ0n) is 11.4. The van der Waals surface area contributed by atoms with Gasteiger partial charge in [-0.25, -0.2) is 0 Å². The number of likely N-dealkylation sites (tertiary alicyclic amines) is 1. The Balaban J connectivity index is 1.95. The molecule has 2 aromatic rings. The van der Waals surface area contributed by atoms with Crippen LogP contribution in [0.2, 0.25) is 0 Å². The Labute approximate surface area is 112 Å². The molecule has 4 nitrogen and oxygen atoms in total. The van der Waals surface area contributed by atoms with Gasteiger partial charge in [0.25, 0.3) is 5.91 Å². The zero-order valence-corrected chi connectivity index (χ0v) is 11.4. The lowest BCUT2D eigenvalue weighted by molar-refractivity contribution is 0.0679. The van der Waals surface area contributed by atoms with Crippen LogP contribution in [0.25, 0.3) is 10.9 Å². The second kappa shape index (κ2) is 4.68. The molecule has 1 aliphatic heterocycles. The molecule has 0 saturated carbocycles. The number of benzene rings is 1. The van der Waals surface area contributed by atoms with Crippen molar-refractivity contribution in [2.45, 2.75) is 26.7 Å². The van der Waals surface area contributed by atoms with Gasteiger partial charge in [0.2, 0.25) is 0 Å². The van der Waals surface area contributed by atoms with Gasteiger partial charge >= 0.3 is 0 Å². The van der Waals surface area contributed by atoms with Crippen LogP contribution >= 0.6 is 0 Å². The highest BCUT2D eigenvalue weighted by atomic mass is 16.2. The van der Waals surface area contributed by atoms with Crippen molar-refractivity contribution in [3.8, 4) is 0 Å². The first kappa shape index (κ1) is 12.2. The van der Waals surface area contributed by atoms with Gasteiger partial charge in [0, 0.05) is 18.5 Å². The summed E-state index contributed by atoms with van der Waals surface area (Å²) in [5, 5.41) is 8.10. The van der Waals surface area contributed by atoms with Crippen LogP contribution in [0.3, 0.4) is 0 Å². The predicted octanol–water partition coefficient (Wildman–Crippen LogP) is 2.74. The van der Waals surface area contributed by atoms with E-state index in [0.29, 0.717) is 11.6 Å². The Kier molecular flexibility index (Phi) is 3.01. The van der Waals surface area contributed by atoms with Crippen molar-refractivity contribution in [1.82, 2.24) is 15.1 Å². The lowest BCUT2D eigenvalue weighted by atomic mass is 10.00. The van der Waals surface area contributed by atoms with Crippen LogP contribution in [0.15, 0.2) is 18.2 Å². The molecule has 1 unspecified atom stereocenters. The summed E-state index contributed by atoms with van der Waals surface area (Å²) in [6, 6.07) is 6.03. The van der Waals surface area contributed by atoms with Crippen molar-refractivity contribution >= 4 is 16.8 Å². The van der Waals surface area contributed by atoms with E-state index in [4.69, 9.17) is 0 Å². The molecule has 1 aliphatic rings. The smallest absolute Gasteiger partial charge is 0.275 e. The number of rotatable bonds is 1. The van der Waals surface area contributed by atoms with E-state index >= 15 is 0 Å². The molecule has 0 aliphatic carbocycles. The van der Waals surface area contributed by atoms with Crippen molar-refractivity contribution in [1.29, 1.82) is 0 Å². The predicted molar refractivity (Wildman–Crippen MR) is 75.1 cm³/mol. The number of nitrogens with zero attached hydrogens (tertiary/aromatic N) is 2. The second-order valence-corrected chi connectivity index (χ2v) is 5.62. The van der Waals surface area contributed by atoms with Gasteiger partial charge in [0.05, 0.1) is 5.52 Å². The standard InChI is InChI=1S/C15H19N3O/c1-10-5-6-13-12(8-10)14(17-16-13)15(19)18-7-3-4-11(2)9-18/h5-6,8,11H,3-4,7,9H2,1-2H3,(H,16,17). The van der Waals surface area contributed by atoms with Crippen LogP contribution in [0.1, 0.15) is 35.8 Å². The monoisotopic (exact) mass is 257 g/mol. The molecule has 0 bridgehead atoms. The highest BCUT2D eigenvalue weighted by Gasteiger charge is 2.25. The Morgan fingerprint density at radius 3 is 3.11 bits per heavy atom. The molecule has 1 saturated heterocycles. The van der Waals surface area contributed by atoms with Gasteiger partial charge in [-0.1, -0.05) is 18.6 Å². The van der Waals surface area contributed by atoms with Gasteiger partial charge in [0.15, 0.2) is 5.69 Å². The van der Waals surface area contributed by atoms with E-state index in [2.05, 4.69) is 17.1 Å². The summed E-state index contributed by atoms with van der Waals surface area (Å²) < 4.78 is 0. The number of H-pyrrole nitrogens is 1. The van der Waals surface area contributed by atoms with Crippen LogP contribution in [0.4, 0.5) is 0 Å². The van der Waals surface area contributed by atoms with Crippen molar-refractivity contribution in [3.05, 3.63) is 29.5 Å². The molecular weight excluding hydrogens is 238 g/mol. The van der Waals surface area contributed by atoms with E-state index in [-0.39, 0.29) is 5.91 Å². The first-order chi connectivity index (χ1) is 9.15. The summed E-state index contributed by atoms with van der Waals surface area (Å²) in [6.07, 6.45) is 2.30. The van der Waals surface area contributed by atoms with Crippen molar-refractivity contribution in [3.63, 3.8) is 0 Å². The fraction of sp³-hybridized carbons (Fsp3) is 0.467. The molecule has 100 valence electrons. The molecule has 1 aromatic heterocycles. The summed E-state index contributed by atoms with van der Waals surface area (Å²) in [5.74, 6) is 0.646. The lowest BCUT2D eigenvalue weighted by Crippen LogP contribution is -2.39. The molecule has 2 heterocycles. The van der Waals surface area contributed by atoms with Crippen LogP contribution in [0, 0.1) is 12.8 Å². The molecular formula is C15H19N3O. The van der Waals surface area contributed by atoms with Gasteiger partial charge in [-0.2, -0.15) is 5.10 Å². The SMILES string of the molecule is Cc1ccc2[nH]nc(C(=O)N3CCCC(C)C3)c2c1. The molecule has 1 N–H and O–H groups in total. The van der Waals surface area contributed by atoms with E-state index in [1.165, 1.54) is 6.42 Å². The van der Waals surface area contributed by atoms with E-state index in [1.807, 2.05) is 30.0 Å². The number of amides is 1. The minimum atomic E-state index is 0.0587. The van der Waals surface area contributed by atoms with E-state index in [1.54, 1.807) is 0 Å². The molecule has 19 heavy (non-hydrogen) atoms. The summed E-state index contributed by atoms with van der Waals surface area (Å²) in [5.41, 5.74) is 2.64. The summed E-state index contributed by atoms with van der Waals surface area (Å²) in [7, 11) is 0. The minimum absolute atomic E-state index is 0.0587. The third-order valence-corrected chi connectivity index (χ3v) is 3.87.